The van der Waals surface area contributed by atoms with E-state index in [2.05, 4.69) is 50.4 Å². The Balaban J connectivity index is 1.52. The number of rotatable bonds is 6. The maximum absolute atomic E-state index is 12.3. The second-order valence-corrected chi connectivity index (χ2v) is 9.15. The molecule has 0 spiro atoms. The molecule has 3 rings (SSSR count). The maximum Gasteiger partial charge on any atom is 0.265 e. The lowest BCUT2D eigenvalue weighted by molar-refractivity contribution is -0.171. The van der Waals surface area contributed by atoms with Gasteiger partial charge in [0.15, 0.2) is 0 Å². The molecule has 7 nitrogen and oxygen atoms in total. The highest BCUT2D eigenvalue weighted by atomic mass is 16.5. The lowest BCUT2D eigenvalue weighted by atomic mass is 9.87. The van der Waals surface area contributed by atoms with E-state index in [0.717, 1.165) is 23.5 Å². The van der Waals surface area contributed by atoms with Crippen molar-refractivity contribution in [3.05, 3.63) is 59.7 Å². The number of nitrogens with zero attached hydrogens (tertiary/aromatic N) is 3. The van der Waals surface area contributed by atoms with E-state index in [1.54, 1.807) is 0 Å². The SMILES string of the molecule is CN1CCN(CC(=O)N(O)Cc2ccc(Nc3ccc(C(C)(C)C)cc3)cc2)C(=O)C1. The molecule has 2 amide bonds. The van der Waals surface area contributed by atoms with E-state index in [4.69, 9.17) is 0 Å². The van der Waals surface area contributed by atoms with E-state index in [1.807, 2.05) is 36.2 Å². The molecule has 0 unspecified atom stereocenters. The molecule has 1 saturated heterocycles. The van der Waals surface area contributed by atoms with Gasteiger partial charge in [-0.1, -0.05) is 45.0 Å². The number of hydrogen-bond donors (Lipinski definition) is 2. The number of benzene rings is 2. The van der Waals surface area contributed by atoms with Crippen molar-refractivity contribution in [1.82, 2.24) is 14.9 Å². The Morgan fingerprint density at radius 3 is 2.16 bits per heavy atom. The highest BCUT2D eigenvalue weighted by Crippen LogP contribution is 2.25. The smallest absolute Gasteiger partial charge is 0.265 e. The van der Waals surface area contributed by atoms with Crippen molar-refractivity contribution >= 4 is 23.2 Å². The lowest BCUT2D eigenvalue weighted by Gasteiger charge is -2.32. The molecule has 1 heterocycles. The largest absolute Gasteiger partial charge is 0.356 e. The Morgan fingerprint density at radius 2 is 1.61 bits per heavy atom. The number of likely N-dealkylation sites (N-methyl/N-ethyl adjacent to an activating group) is 1. The van der Waals surface area contributed by atoms with Gasteiger partial charge < -0.3 is 10.2 Å². The molecule has 0 radical (unpaired) electrons. The van der Waals surface area contributed by atoms with Crippen LogP contribution in [0.15, 0.2) is 48.5 Å². The van der Waals surface area contributed by atoms with Crippen molar-refractivity contribution in [2.75, 3.05) is 38.5 Å². The summed E-state index contributed by atoms with van der Waals surface area (Å²) in [5.41, 5.74) is 4.11. The van der Waals surface area contributed by atoms with E-state index in [0.29, 0.717) is 18.2 Å². The van der Waals surface area contributed by atoms with Gasteiger partial charge in [-0.05, 0) is 47.9 Å². The number of hydrogen-bond acceptors (Lipinski definition) is 5. The molecule has 1 aliphatic rings. The van der Waals surface area contributed by atoms with Crippen LogP contribution in [0.3, 0.4) is 0 Å². The van der Waals surface area contributed by atoms with Crippen LogP contribution in [-0.2, 0) is 21.5 Å². The minimum absolute atomic E-state index is 0.0708. The molecule has 2 aromatic carbocycles. The zero-order chi connectivity index (χ0) is 22.6. The first-order valence-electron chi connectivity index (χ1n) is 10.5. The van der Waals surface area contributed by atoms with E-state index >= 15 is 0 Å². The molecule has 0 aliphatic carbocycles. The highest BCUT2D eigenvalue weighted by Gasteiger charge is 2.25. The fraction of sp³-hybridized carbons (Fsp3) is 0.417. The third-order valence-corrected chi connectivity index (χ3v) is 5.45. The molecular formula is C24H32N4O3. The summed E-state index contributed by atoms with van der Waals surface area (Å²) in [6.07, 6.45) is 0. The predicted molar refractivity (Wildman–Crippen MR) is 121 cm³/mol. The molecule has 166 valence electrons. The number of hydroxylamine groups is 2. The van der Waals surface area contributed by atoms with Crippen LogP contribution < -0.4 is 5.32 Å². The Bertz CT molecular complexity index is 904. The van der Waals surface area contributed by atoms with Crippen molar-refractivity contribution in [2.24, 2.45) is 0 Å². The van der Waals surface area contributed by atoms with Gasteiger partial charge in [0.2, 0.25) is 5.91 Å². The van der Waals surface area contributed by atoms with E-state index < -0.39 is 5.91 Å². The number of anilines is 2. The van der Waals surface area contributed by atoms with E-state index in [1.165, 1.54) is 10.5 Å². The van der Waals surface area contributed by atoms with Gasteiger partial charge in [-0.3, -0.25) is 19.7 Å². The molecule has 31 heavy (non-hydrogen) atoms. The lowest BCUT2D eigenvalue weighted by Crippen LogP contribution is -2.51. The van der Waals surface area contributed by atoms with Crippen LogP contribution in [0.5, 0.6) is 0 Å². The minimum atomic E-state index is -0.487. The number of carbonyl (C=O) groups is 2. The highest BCUT2D eigenvalue weighted by molar-refractivity contribution is 5.85. The van der Waals surface area contributed by atoms with Crippen molar-refractivity contribution in [2.45, 2.75) is 32.7 Å². The maximum atomic E-state index is 12.3. The molecule has 0 aromatic heterocycles. The van der Waals surface area contributed by atoms with Crippen LogP contribution in [0.4, 0.5) is 11.4 Å². The summed E-state index contributed by atoms with van der Waals surface area (Å²) in [7, 11) is 1.87. The second-order valence-electron chi connectivity index (χ2n) is 9.15. The Hall–Kier alpha value is -2.90. The van der Waals surface area contributed by atoms with Gasteiger partial charge in [-0.25, -0.2) is 5.06 Å². The number of nitrogens with one attached hydrogen (secondary N) is 1. The van der Waals surface area contributed by atoms with Gasteiger partial charge in [0, 0.05) is 24.5 Å². The summed E-state index contributed by atoms with van der Waals surface area (Å²) in [5.74, 6) is -0.583. The Morgan fingerprint density at radius 1 is 1.03 bits per heavy atom. The molecule has 0 bridgehead atoms. The van der Waals surface area contributed by atoms with Crippen LogP contribution in [0, 0.1) is 0 Å². The average molecular weight is 425 g/mol. The topological polar surface area (TPSA) is 76.1 Å². The normalized spacial score (nSPS) is 15.1. The van der Waals surface area contributed by atoms with Gasteiger partial charge in [-0.15, -0.1) is 0 Å². The summed E-state index contributed by atoms with van der Waals surface area (Å²) in [6, 6.07) is 15.9. The quantitative estimate of drug-likeness (QED) is 0.550. The van der Waals surface area contributed by atoms with Crippen LogP contribution >= 0.6 is 0 Å². The summed E-state index contributed by atoms with van der Waals surface area (Å²) >= 11 is 0. The fourth-order valence-electron chi connectivity index (χ4n) is 3.41. The van der Waals surface area contributed by atoms with Crippen molar-refractivity contribution in [3.8, 4) is 0 Å². The van der Waals surface area contributed by atoms with Gasteiger partial charge in [-0.2, -0.15) is 0 Å². The first kappa shape index (κ1) is 22.8. The Kier molecular flexibility index (Phi) is 6.97. The first-order chi connectivity index (χ1) is 14.6. The molecule has 1 fully saturated rings. The second kappa shape index (κ2) is 9.49. The minimum Gasteiger partial charge on any atom is -0.356 e. The van der Waals surface area contributed by atoms with E-state index in [9.17, 15) is 14.8 Å². The number of carbonyl (C=O) groups excluding carboxylic acids is 2. The van der Waals surface area contributed by atoms with Crippen molar-refractivity contribution in [1.29, 1.82) is 0 Å². The molecule has 0 saturated carbocycles. The molecule has 2 aromatic rings. The van der Waals surface area contributed by atoms with Crippen molar-refractivity contribution < 1.29 is 14.8 Å². The zero-order valence-electron chi connectivity index (χ0n) is 18.8. The van der Waals surface area contributed by atoms with Gasteiger partial charge >= 0.3 is 0 Å². The summed E-state index contributed by atoms with van der Waals surface area (Å²) < 4.78 is 0. The number of piperazine rings is 1. The van der Waals surface area contributed by atoms with Gasteiger partial charge in [0.05, 0.1) is 13.1 Å². The molecule has 1 aliphatic heterocycles. The molecule has 0 atom stereocenters. The summed E-state index contributed by atoms with van der Waals surface area (Å²) in [6.45, 7) is 8.04. The van der Waals surface area contributed by atoms with Crippen LogP contribution in [0.1, 0.15) is 31.9 Å². The standard InChI is InChI=1S/C24H32N4O3/c1-24(2,3)19-7-11-21(12-8-19)25-20-9-5-18(6-10-20)15-28(31)23(30)17-27-14-13-26(4)16-22(27)29/h5-12,25,31H,13-17H2,1-4H3. The summed E-state index contributed by atoms with van der Waals surface area (Å²) in [5, 5.41) is 14.2. The first-order valence-corrected chi connectivity index (χ1v) is 10.5. The molecular weight excluding hydrogens is 392 g/mol. The average Bonchev–Trinajstić information content (AvgIpc) is 2.71. The predicted octanol–water partition coefficient (Wildman–Crippen LogP) is 3.22. The summed E-state index contributed by atoms with van der Waals surface area (Å²) in [4.78, 5) is 27.7. The third kappa shape index (κ3) is 6.29. The van der Waals surface area contributed by atoms with Gasteiger partial charge in [0.1, 0.15) is 6.54 Å². The van der Waals surface area contributed by atoms with E-state index in [-0.39, 0.29) is 24.4 Å². The zero-order valence-corrected chi connectivity index (χ0v) is 18.8. The van der Waals surface area contributed by atoms with Crippen LogP contribution in [0.2, 0.25) is 0 Å². The van der Waals surface area contributed by atoms with Crippen LogP contribution in [-0.4, -0.2) is 65.1 Å². The Labute approximate surface area is 184 Å². The molecule has 7 heteroatoms. The van der Waals surface area contributed by atoms with Crippen molar-refractivity contribution in [3.63, 3.8) is 0 Å². The third-order valence-electron chi connectivity index (χ3n) is 5.45. The fourth-order valence-corrected chi connectivity index (χ4v) is 3.41. The molecule has 2 N–H and O–H groups in total. The monoisotopic (exact) mass is 424 g/mol. The number of amides is 2. The van der Waals surface area contributed by atoms with Gasteiger partial charge in [0.25, 0.3) is 5.91 Å². The van der Waals surface area contributed by atoms with Crippen LogP contribution in [0.25, 0.3) is 0 Å².